The maximum Gasteiger partial charge on any atom is 0.291 e. The number of rotatable bonds is 4. The second-order valence-corrected chi connectivity index (χ2v) is 6.86. The van der Waals surface area contributed by atoms with E-state index in [1.54, 1.807) is 54.7 Å². The molecule has 0 unspecified atom stereocenters. The average Bonchev–Trinajstić information content (AvgIpc) is 3.36. The Labute approximate surface area is 165 Å². The van der Waals surface area contributed by atoms with Gasteiger partial charge in [-0.15, -0.1) is 0 Å². The van der Waals surface area contributed by atoms with Gasteiger partial charge in [0.2, 0.25) is 5.76 Å². The summed E-state index contributed by atoms with van der Waals surface area (Å²) in [5.41, 5.74) is 1.35. The minimum absolute atomic E-state index is 0.0843. The SMILES string of the molecule is COc1ccc([C@H]2c3c(oc4ccccc4c3=O)C(=O)N2Cc2ccco2)cc1. The van der Waals surface area contributed by atoms with Crippen LogP contribution in [0.1, 0.15) is 33.5 Å². The third-order valence-electron chi connectivity index (χ3n) is 5.21. The van der Waals surface area contributed by atoms with Crippen LogP contribution in [-0.2, 0) is 6.54 Å². The van der Waals surface area contributed by atoms with Crippen molar-refractivity contribution in [1.29, 1.82) is 0 Å². The largest absolute Gasteiger partial charge is 0.497 e. The first-order valence-corrected chi connectivity index (χ1v) is 9.20. The van der Waals surface area contributed by atoms with E-state index < -0.39 is 6.04 Å². The van der Waals surface area contributed by atoms with Gasteiger partial charge in [0.15, 0.2) is 5.43 Å². The molecule has 2 aromatic carbocycles. The lowest BCUT2D eigenvalue weighted by Gasteiger charge is -2.24. The molecular weight excluding hydrogens is 370 g/mol. The molecule has 0 bridgehead atoms. The number of fused-ring (bicyclic) bond motifs is 2. The van der Waals surface area contributed by atoms with Gasteiger partial charge in [0.1, 0.15) is 17.1 Å². The standard InChI is InChI=1S/C23H17NO5/c1-27-15-10-8-14(9-11-15)20-19-21(25)17-6-2-3-7-18(17)29-22(19)23(26)24(20)13-16-5-4-12-28-16/h2-12,20H,13H2,1H3/t20-/m0/s1. The third-order valence-corrected chi connectivity index (χ3v) is 5.21. The van der Waals surface area contributed by atoms with Crippen molar-refractivity contribution in [2.45, 2.75) is 12.6 Å². The number of benzene rings is 2. The molecule has 0 N–H and O–H groups in total. The average molecular weight is 387 g/mol. The van der Waals surface area contributed by atoms with Crippen molar-refractivity contribution < 1.29 is 18.4 Å². The van der Waals surface area contributed by atoms with Crippen molar-refractivity contribution in [2.75, 3.05) is 7.11 Å². The molecule has 3 heterocycles. The first-order valence-electron chi connectivity index (χ1n) is 9.20. The number of para-hydroxylation sites is 1. The molecule has 144 valence electrons. The summed E-state index contributed by atoms with van der Waals surface area (Å²) >= 11 is 0. The van der Waals surface area contributed by atoms with Crippen molar-refractivity contribution in [3.63, 3.8) is 0 Å². The van der Waals surface area contributed by atoms with Crippen LogP contribution < -0.4 is 10.2 Å². The van der Waals surface area contributed by atoms with Crippen LogP contribution in [0.25, 0.3) is 11.0 Å². The molecule has 0 spiro atoms. The van der Waals surface area contributed by atoms with Crippen molar-refractivity contribution in [2.24, 2.45) is 0 Å². The van der Waals surface area contributed by atoms with Gasteiger partial charge in [0.25, 0.3) is 5.91 Å². The fourth-order valence-electron chi connectivity index (χ4n) is 3.83. The smallest absolute Gasteiger partial charge is 0.291 e. The van der Waals surface area contributed by atoms with Gasteiger partial charge >= 0.3 is 0 Å². The van der Waals surface area contributed by atoms with Crippen LogP contribution in [0.3, 0.4) is 0 Å². The molecule has 0 saturated carbocycles. The Kier molecular flexibility index (Phi) is 3.98. The Balaban J connectivity index is 1.72. The van der Waals surface area contributed by atoms with Gasteiger partial charge in [0, 0.05) is 0 Å². The summed E-state index contributed by atoms with van der Waals surface area (Å²) in [5, 5.41) is 0.456. The number of methoxy groups -OCH3 is 1. The Bertz CT molecular complexity index is 1250. The van der Waals surface area contributed by atoms with Crippen LogP contribution in [0.15, 0.2) is 80.6 Å². The predicted octanol–water partition coefficient (Wildman–Crippen LogP) is 4.14. The van der Waals surface area contributed by atoms with E-state index in [4.69, 9.17) is 13.6 Å². The maximum atomic E-state index is 13.3. The quantitative estimate of drug-likeness (QED) is 0.526. The topological polar surface area (TPSA) is 72.9 Å². The molecule has 0 fully saturated rings. The van der Waals surface area contributed by atoms with Crippen LogP contribution in [0, 0.1) is 0 Å². The number of carbonyl (C=O) groups is 1. The number of hydrogen-bond acceptors (Lipinski definition) is 5. The fourth-order valence-corrected chi connectivity index (χ4v) is 3.83. The Morgan fingerprint density at radius 3 is 2.52 bits per heavy atom. The van der Waals surface area contributed by atoms with E-state index >= 15 is 0 Å². The summed E-state index contributed by atoms with van der Waals surface area (Å²) < 4.78 is 16.6. The number of hydrogen-bond donors (Lipinski definition) is 0. The van der Waals surface area contributed by atoms with Crippen LogP contribution >= 0.6 is 0 Å². The number of amides is 1. The molecule has 6 heteroatoms. The highest BCUT2D eigenvalue weighted by atomic mass is 16.5. The molecule has 6 nitrogen and oxygen atoms in total. The molecule has 1 aliphatic rings. The zero-order valence-electron chi connectivity index (χ0n) is 15.6. The van der Waals surface area contributed by atoms with E-state index in [1.165, 1.54) is 0 Å². The highest BCUT2D eigenvalue weighted by molar-refractivity contribution is 5.99. The van der Waals surface area contributed by atoms with Gasteiger partial charge in [-0.25, -0.2) is 0 Å². The van der Waals surface area contributed by atoms with Crippen LogP contribution in [0.5, 0.6) is 5.75 Å². The Morgan fingerprint density at radius 2 is 1.79 bits per heavy atom. The summed E-state index contributed by atoms with van der Waals surface area (Å²) in [5.74, 6) is 1.07. The van der Waals surface area contributed by atoms with Crippen LogP contribution in [0.4, 0.5) is 0 Å². The van der Waals surface area contributed by atoms with Crippen molar-refractivity contribution >= 4 is 16.9 Å². The molecule has 0 aliphatic carbocycles. The molecule has 5 rings (SSSR count). The van der Waals surface area contributed by atoms with Gasteiger partial charge < -0.3 is 18.5 Å². The minimum atomic E-state index is -0.575. The van der Waals surface area contributed by atoms with Gasteiger partial charge in [-0.05, 0) is 42.0 Å². The molecule has 1 atom stereocenters. The van der Waals surface area contributed by atoms with E-state index in [-0.39, 0.29) is 23.6 Å². The molecule has 1 amide bonds. The molecular formula is C23H17NO5. The lowest BCUT2D eigenvalue weighted by atomic mass is 9.98. The van der Waals surface area contributed by atoms with Gasteiger partial charge in [-0.3, -0.25) is 9.59 Å². The summed E-state index contributed by atoms with van der Waals surface area (Å²) in [4.78, 5) is 28.2. The third kappa shape index (κ3) is 2.72. The molecule has 2 aromatic heterocycles. The molecule has 4 aromatic rings. The number of nitrogens with zero attached hydrogens (tertiary/aromatic N) is 1. The zero-order valence-corrected chi connectivity index (χ0v) is 15.6. The van der Waals surface area contributed by atoms with Gasteiger partial charge in [-0.1, -0.05) is 24.3 Å². The molecule has 1 aliphatic heterocycles. The van der Waals surface area contributed by atoms with Crippen molar-refractivity contribution in [3.8, 4) is 5.75 Å². The minimum Gasteiger partial charge on any atom is -0.497 e. The number of carbonyl (C=O) groups excluding carboxylic acids is 1. The molecule has 0 radical (unpaired) electrons. The van der Waals surface area contributed by atoms with E-state index in [1.807, 2.05) is 24.3 Å². The first-order chi connectivity index (χ1) is 14.2. The lowest BCUT2D eigenvalue weighted by molar-refractivity contribution is 0.0701. The lowest BCUT2D eigenvalue weighted by Crippen LogP contribution is -2.29. The maximum absolute atomic E-state index is 13.3. The van der Waals surface area contributed by atoms with Crippen molar-refractivity contribution in [3.05, 3.63) is 99.8 Å². The summed E-state index contributed by atoms with van der Waals surface area (Å²) in [6.45, 7) is 0.225. The van der Waals surface area contributed by atoms with Crippen molar-refractivity contribution in [1.82, 2.24) is 4.90 Å². The van der Waals surface area contributed by atoms with Crippen LogP contribution in [-0.4, -0.2) is 17.9 Å². The van der Waals surface area contributed by atoms with Gasteiger partial charge in [-0.2, -0.15) is 0 Å². The summed E-state index contributed by atoms with van der Waals surface area (Å²) in [7, 11) is 1.59. The molecule has 0 saturated heterocycles. The van der Waals surface area contributed by atoms with E-state index in [2.05, 4.69) is 0 Å². The Hall–Kier alpha value is -3.80. The van der Waals surface area contributed by atoms with E-state index in [0.29, 0.717) is 28.0 Å². The van der Waals surface area contributed by atoms with E-state index in [0.717, 1.165) is 5.56 Å². The highest BCUT2D eigenvalue weighted by Crippen LogP contribution is 2.39. The second-order valence-electron chi connectivity index (χ2n) is 6.86. The normalized spacial score (nSPS) is 15.7. The monoisotopic (exact) mass is 387 g/mol. The highest BCUT2D eigenvalue weighted by Gasteiger charge is 2.43. The zero-order chi connectivity index (χ0) is 20.0. The molecule has 29 heavy (non-hydrogen) atoms. The predicted molar refractivity (Wildman–Crippen MR) is 106 cm³/mol. The van der Waals surface area contributed by atoms with Gasteiger partial charge in [0.05, 0.1) is 36.9 Å². The number of furan rings is 1. The Morgan fingerprint density at radius 1 is 1.00 bits per heavy atom. The van der Waals surface area contributed by atoms with E-state index in [9.17, 15) is 9.59 Å². The summed E-state index contributed by atoms with van der Waals surface area (Å²) in [6.07, 6.45) is 1.56. The number of ether oxygens (including phenoxy) is 1. The fraction of sp³-hybridized carbons (Fsp3) is 0.130. The summed E-state index contributed by atoms with van der Waals surface area (Å²) in [6, 6.07) is 17.3. The first kappa shape index (κ1) is 17.3. The second kappa shape index (κ2) is 6.67. The van der Waals surface area contributed by atoms with Crippen LogP contribution in [0.2, 0.25) is 0 Å².